The zero-order valence-electron chi connectivity index (χ0n) is 11.3. The van der Waals surface area contributed by atoms with E-state index in [1.807, 2.05) is 20.2 Å². The fraction of sp³-hybridized carbons (Fsp3) is 0.538. The largest absolute Gasteiger partial charge is 0.379 e. The molecule has 5 nitrogen and oxygen atoms in total. The van der Waals surface area contributed by atoms with Crippen LogP contribution in [0.2, 0.25) is 0 Å². The molecule has 0 bridgehead atoms. The van der Waals surface area contributed by atoms with Gasteiger partial charge < -0.3 is 10.2 Å². The minimum Gasteiger partial charge on any atom is -0.379 e. The number of nitro benzene ring substituents is 1. The lowest BCUT2D eigenvalue weighted by Gasteiger charge is -2.15. The van der Waals surface area contributed by atoms with Crippen LogP contribution in [-0.2, 0) is 0 Å². The first-order valence-electron chi connectivity index (χ1n) is 6.26. The van der Waals surface area contributed by atoms with E-state index in [2.05, 4.69) is 12.2 Å². The minimum absolute atomic E-state index is 0.152. The summed E-state index contributed by atoms with van der Waals surface area (Å²) in [5, 5.41) is 14.3. The van der Waals surface area contributed by atoms with Crippen LogP contribution >= 0.6 is 0 Å². The first-order chi connectivity index (χ1) is 8.57. The van der Waals surface area contributed by atoms with Gasteiger partial charge in [-0.05, 0) is 18.6 Å². The number of para-hydroxylation sites is 1. The Kier molecular flexibility index (Phi) is 5.42. The lowest BCUT2D eigenvalue weighted by atomic mass is 10.2. The number of nitrogens with zero attached hydrogens (tertiary/aromatic N) is 2. The lowest BCUT2D eigenvalue weighted by molar-refractivity contribution is -0.383. The van der Waals surface area contributed by atoms with Gasteiger partial charge in [0.15, 0.2) is 0 Å². The van der Waals surface area contributed by atoms with Crippen molar-refractivity contribution in [2.75, 3.05) is 30.9 Å². The Labute approximate surface area is 108 Å². The third kappa shape index (κ3) is 3.61. The zero-order chi connectivity index (χ0) is 13.5. The van der Waals surface area contributed by atoms with Crippen LogP contribution in [0.1, 0.15) is 26.2 Å². The first kappa shape index (κ1) is 14.3. The standard InChI is InChI=1S/C13H21N3O2/c1-4-5-6-10-14-11-8-7-9-12(15(2)3)13(11)16(17)18/h7-9,14H,4-6,10H2,1-3H3. The SMILES string of the molecule is CCCCCNc1cccc(N(C)C)c1[N+](=O)[O-]. The first-order valence-corrected chi connectivity index (χ1v) is 6.26. The van der Waals surface area contributed by atoms with Gasteiger partial charge in [-0.3, -0.25) is 10.1 Å². The molecule has 0 aliphatic rings. The Bertz CT molecular complexity index is 405. The van der Waals surface area contributed by atoms with Gasteiger partial charge in [-0.2, -0.15) is 0 Å². The predicted octanol–water partition coefficient (Wildman–Crippen LogP) is 3.26. The Morgan fingerprint density at radius 2 is 2.06 bits per heavy atom. The topological polar surface area (TPSA) is 58.4 Å². The lowest BCUT2D eigenvalue weighted by Crippen LogP contribution is -2.13. The predicted molar refractivity (Wildman–Crippen MR) is 75.4 cm³/mol. The number of nitrogens with one attached hydrogen (secondary N) is 1. The van der Waals surface area contributed by atoms with Gasteiger partial charge in [-0.15, -0.1) is 0 Å². The molecule has 1 N–H and O–H groups in total. The fourth-order valence-electron chi connectivity index (χ4n) is 1.82. The van der Waals surface area contributed by atoms with Gasteiger partial charge in [0.2, 0.25) is 0 Å². The second kappa shape index (κ2) is 6.83. The van der Waals surface area contributed by atoms with E-state index in [-0.39, 0.29) is 10.6 Å². The monoisotopic (exact) mass is 251 g/mol. The molecule has 0 amide bonds. The summed E-state index contributed by atoms with van der Waals surface area (Å²) in [5.41, 5.74) is 1.38. The van der Waals surface area contributed by atoms with E-state index in [1.165, 1.54) is 0 Å². The number of hydrogen-bond donors (Lipinski definition) is 1. The van der Waals surface area contributed by atoms with Crippen LogP contribution in [0.15, 0.2) is 18.2 Å². The minimum atomic E-state index is -0.322. The van der Waals surface area contributed by atoms with Crippen LogP contribution in [-0.4, -0.2) is 25.6 Å². The number of unbranched alkanes of at least 4 members (excludes halogenated alkanes) is 2. The highest BCUT2D eigenvalue weighted by molar-refractivity contribution is 5.76. The number of anilines is 2. The van der Waals surface area contributed by atoms with Gasteiger partial charge in [0.25, 0.3) is 0 Å². The van der Waals surface area contributed by atoms with Crippen LogP contribution in [0.5, 0.6) is 0 Å². The molecule has 1 aromatic carbocycles. The van der Waals surface area contributed by atoms with E-state index in [9.17, 15) is 10.1 Å². The molecule has 100 valence electrons. The molecule has 0 atom stereocenters. The Morgan fingerprint density at radius 3 is 2.61 bits per heavy atom. The number of nitro groups is 1. The molecule has 0 spiro atoms. The fourth-order valence-corrected chi connectivity index (χ4v) is 1.82. The maximum atomic E-state index is 11.2. The highest BCUT2D eigenvalue weighted by atomic mass is 16.6. The molecule has 18 heavy (non-hydrogen) atoms. The summed E-state index contributed by atoms with van der Waals surface area (Å²) >= 11 is 0. The molecule has 1 rings (SSSR count). The summed E-state index contributed by atoms with van der Waals surface area (Å²) in [7, 11) is 3.62. The third-order valence-corrected chi connectivity index (χ3v) is 2.77. The van der Waals surface area contributed by atoms with Gasteiger partial charge in [0, 0.05) is 20.6 Å². The van der Waals surface area contributed by atoms with Crippen LogP contribution in [0.3, 0.4) is 0 Å². The molecule has 0 aliphatic heterocycles. The van der Waals surface area contributed by atoms with Crippen molar-refractivity contribution < 1.29 is 4.92 Å². The summed E-state index contributed by atoms with van der Waals surface area (Å²) < 4.78 is 0. The third-order valence-electron chi connectivity index (χ3n) is 2.77. The second-order valence-corrected chi connectivity index (χ2v) is 4.46. The molecule has 1 aromatic rings. The van der Waals surface area contributed by atoms with E-state index in [0.29, 0.717) is 11.4 Å². The normalized spacial score (nSPS) is 10.2. The van der Waals surface area contributed by atoms with E-state index in [1.54, 1.807) is 17.0 Å². The van der Waals surface area contributed by atoms with Crippen molar-refractivity contribution in [3.63, 3.8) is 0 Å². The van der Waals surface area contributed by atoms with Crippen LogP contribution in [0.25, 0.3) is 0 Å². The summed E-state index contributed by atoms with van der Waals surface area (Å²) in [6.45, 7) is 2.90. The Hall–Kier alpha value is -1.78. The van der Waals surface area contributed by atoms with Gasteiger partial charge in [-0.25, -0.2) is 0 Å². The quantitative estimate of drug-likeness (QED) is 0.459. The highest BCUT2D eigenvalue weighted by Crippen LogP contribution is 2.34. The summed E-state index contributed by atoms with van der Waals surface area (Å²) in [6.07, 6.45) is 3.30. The molecular weight excluding hydrogens is 230 g/mol. The number of benzene rings is 1. The zero-order valence-corrected chi connectivity index (χ0v) is 11.3. The van der Waals surface area contributed by atoms with Gasteiger partial charge >= 0.3 is 5.69 Å². The maximum absolute atomic E-state index is 11.2. The molecule has 0 saturated carbocycles. The van der Waals surface area contributed by atoms with Gasteiger partial charge in [0.1, 0.15) is 11.4 Å². The molecule has 0 unspecified atom stereocenters. The van der Waals surface area contributed by atoms with Crippen LogP contribution in [0, 0.1) is 10.1 Å². The van der Waals surface area contributed by atoms with Crippen molar-refractivity contribution in [2.24, 2.45) is 0 Å². The van der Waals surface area contributed by atoms with Crippen molar-refractivity contribution in [3.8, 4) is 0 Å². The Morgan fingerprint density at radius 1 is 1.33 bits per heavy atom. The van der Waals surface area contributed by atoms with Crippen molar-refractivity contribution in [1.82, 2.24) is 0 Å². The molecule has 0 saturated heterocycles. The number of rotatable bonds is 7. The molecule has 0 aliphatic carbocycles. The van der Waals surface area contributed by atoms with Crippen molar-refractivity contribution in [1.29, 1.82) is 0 Å². The van der Waals surface area contributed by atoms with Gasteiger partial charge in [-0.1, -0.05) is 25.8 Å². The van der Waals surface area contributed by atoms with Gasteiger partial charge in [0.05, 0.1) is 4.92 Å². The summed E-state index contributed by atoms with van der Waals surface area (Å²) in [5.74, 6) is 0. The second-order valence-electron chi connectivity index (χ2n) is 4.46. The van der Waals surface area contributed by atoms with E-state index < -0.39 is 0 Å². The van der Waals surface area contributed by atoms with Crippen LogP contribution in [0.4, 0.5) is 17.1 Å². The molecule has 0 radical (unpaired) electrons. The highest BCUT2D eigenvalue weighted by Gasteiger charge is 2.20. The molecule has 0 heterocycles. The molecule has 0 fully saturated rings. The smallest absolute Gasteiger partial charge is 0.315 e. The summed E-state index contributed by atoms with van der Waals surface area (Å²) in [6, 6.07) is 5.36. The van der Waals surface area contributed by atoms with Crippen molar-refractivity contribution in [2.45, 2.75) is 26.2 Å². The Balaban J connectivity index is 2.89. The maximum Gasteiger partial charge on any atom is 0.315 e. The average molecular weight is 251 g/mol. The van der Waals surface area contributed by atoms with Crippen LogP contribution < -0.4 is 10.2 Å². The van der Waals surface area contributed by atoms with Crippen molar-refractivity contribution >= 4 is 17.1 Å². The average Bonchev–Trinajstić information content (AvgIpc) is 2.33. The summed E-state index contributed by atoms with van der Waals surface area (Å²) in [4.78, 5) is 12.6. The van der Waals surface area contributed by atoms with E-state index in [0.717, 1.165) is 25.8 Å². The molecule has 0 aromatic heterocycles. The molecule has 5 heteroatoms. The van der Waals surface area contributed by atoms with Crippen molar-refractivity contribution in [3.05, 3.63) is 28.3 Å². The number of hydrogen-bond acceptors (Lipinski definition) is 4. The van der Waals surface area contributed by atoms with E-state index in [4.69, 9.17) is 0 Å². The van der Waals surface area contributed by atoms with E-state index >= 15 is 0 Å². The molecular formula is C13H21N3O2.